The van der Waals surface area contributed by atoms with Crippen LogP contribution in [0.5, 0.6) is 0 Å². The van der Waals surface area contributed by atoms with Crippen molar-refractivity contribution in [2.24, 2.45) is 13.0 Å². The molecule has 1 heterocycles. The number of aromatic nitrogens is 2. The number of aryl methyl sites for hydroxylation is 1. The fourth-order valence-corrected chi connectivity index (χ4v) is 8.13. The first-order valence-electron chi connectivity index (χ1n) is 26.6. The summed E-state index contributed by atoms with van der Waals surface area (Å²) in [6.45, 7) is 6.07. The van der Waals surface area contributed by atoms with Gasteiger partial charge in [0, 0.05) is 47.2 Å². The maximum atomic E-state index is 14.0. The van der Waals surface area contributed by atoms with E-state index in [0.717, 1.165) is 48.8 Å². The standard InChI is InChI=1S/C52H83N11O22/c1-24(2)18-28(40(71)55-27(16-17-64)50(81)82)56-45(76)38(51(4,5)83)59-41(72)29(22-65)57-46(77)39(52(6,7)84)60-47(78)48(79)61-42(73)30(19-26-14-12-11-13-15-26)63(9)49(80)37(70)36(69)32(85-10)21-54-43(74)33(58-44(75)34(67)25(3)66)35(68)31-20-53-23-62(31)8/h11-15,20,23-25,27-30,32-39,48,64-70,79,83-84H,16-19,21-22H2,1-10H3,(H,54,74)(H,55,71)(H,56,76)(H,57,77)(H,58,75)(H,59,72)(H,60,78)(H,61,73)(H,81,82)/t25-,27-,28-,29-,30-,32-,33+,34+,35+,36-,37-,38+,39+,48+/m0/s1. The normalized spacial score (nSPS) is 16.8. The quantitative estimate of drug-likeness (QED) is 0.0285. The minimum atomic E-state index is -2.60. The van der Waals surface area contributed by atoms with Crippen molar-refractivity contribution in [2.45, 2.75) is 164 Å². The summed E-state index contributed by atoms with van der Waals surface area (Å²) in [6.07, 6.45) is -12.7. The largest absolute Gasteiger partial charge is 0.480 e. The maximum Gasteiger partial charge on any atom is 0.326 e. The molecule has 0 fully saturated rings. The summed E-state index contributed by atoms with van der Waals surface area (Å²) in [4.78, 5) is 138. The van der Waals surface area contributed by atoms with Gasteiger partial charge in [0.1, 0.15) is 60.6 Å². The maximum absolute atomic E-state index is 14.0. The number of benzene rings is 1. The molecule has 0 spiro atoms. The lowest BCUT2D eigenvalue weighted by Crippen LogP contribution is -2.66. The van der Waals surface area contributed by atoms with E-state index in [1.54, 1.807) is 32.0 Å². The van der Waals surface area contributed by atoms with Gasteiger partial charge in [-0.15, -0.1) is 0 Å². The monoisotopic (exact) mass is 1210 g/mol. The molecular formula is C52H83N11O22. The van der Waals surface area contributed by atoms with E-state index >= 15 is 0 Å². The third kappa shape index (κ3) is 22.2. The minimum absolute atomic E-state index is 0.0154. The number of imidazole rings is 1. The number of aliphatic hydroxyl groups is 10. The molecule has 0 aliphatic rings. The van der Waals surface area contributed by atoms with Crippen LogP contribution in [0.25, 0.3) is 0 Å². The number of aliphatic carboxylic acids is 1. The highest BCUT2D eigenvalue weighted by Gasteiger charge is 2.43. The Morgan fingerprint density at radius 1 is 0.671 bits per heavy atom. The van der Waals surface area contributed by atoms with Gasteiger partial charge in [-0.05, 0) is 52.5 Å². The number of carbonyl (C=O) groups excluding carboxylic acids is 9. The Hall–Kier alpha value is -7.31. The third-order valence-electron chi connectivity index (χ3n) is 13.1. The Morgan fingerprint density at radius 3 is 1.67 bits per heavy atom. The van der Waals surface area contributed by atoms with Gasteiger partial charge in [-0.1, -0.05) is 44.2 Å². The van der Waals surface area contributed by atoms with E-state index < -0.39 is 175 Å². The second-order valence-corrected chi connectivity index (χ2v) is 21.6. The van der Waals surface area contributed by atoms with Crippen molar-refractivity contribution in [3.05, 3.63) is 54.1 Å². The van der Waals surface area contributed by atoms with E-state index in [9.17, 15) is 104 Å². The SMILES string of the molecule is CO[C@@H](CNC(=O)[C@H](NC(=O)[C@H](O)[C@H](C)O)[C@H](O)c1cncn1C)[C@H](O)[C@H](O)C(=O)N(C)[C@@H](Cc1ccccc1)C(=O)N[C@H](O)C(=O)N[C@H](C(=O)N[C@@H](CO)C(=O)N[C@H](C(=O)N[C@@H](CC(C)C)C(=O)N[C@@H](CCO)C(=O)O)C(C)(C)O)C(C)(C)O. The number of methoxy groups -OCH3 is 1. The molecule has 85 heavy (non-hydrogen) atoms. The number of carbonyl (C=O) groups is 10. The molecule has 0 saturated heterocycles. The Labute approximate surface area is 488 Å². The smallest absolute Gasteiger partial charge is 0.326 e. The Balaban J connectivity index is 2.33. The molecule has 2 aromatic rings. The van der Waals surface area contributed by atoms with Crippen molar-refractivity contribution >= 4 is 59.1 Å². The van der Waals surface area contributed by atoms with Crippen molar-refractivity contribution in [3.8, 4) is 0 Å². The van der Waals surface area contributed by atoms with Crippen LogP contribution in [-0.4, -0.2) is 254 Å². The van der Waals surface area contributed by atoms with E-state index in [4.69, 9.17) is 4.74 Å². The molecule has 33 nitrogen and oxygen atoms in total. The Morgan fingerprint density at radius 2 is 1.20 bits per heavy atom. The van der Waals surface area contributed by atoms with Crippen LogP contribution >= 0.6 is 0 Å². The zero-order chi connectivity index (χ0) is 65.0. The zero-order valence-electron chi connectivity index (χ0n) is 48.7. The molecule has 0 aliphatic heterocycles. The molecule has 14 atom stereocenters. The van der Waals surface area contributed by atoms with E-state index in [0.29, 0.717) is 10.5 Å². The van der Waals surface area contributed by atoms with Crippen LogP contribution < -0.4 is 42.5 Å². The van der Waals surface area contributed by atoms with Gasteiger partial charge >= 0.3 is 5.97 Å². The highest BCUT2D eigenvalue weighted by atomic mass is 16.5. The molecule has 0 unspecified atom stereocenters. The fourth-order valence-electron chi connectivity index (χ4n) is 8.13. The van der Waals surface area contributed by atoms with Crippen molar-refractivity contribution in [3.63, 3.8) is 0 Å². The lowest BCUT2D eigenvalue weighted by molar-refractivity contribution is -0.157. The Kier molecular flexibility index (Phi) is 29.0. The van der Waals surface area contributed by atoms with Gasteiger partial charge in [0.05, 0.1) is 42.1 Å². The molecule has 33 heteroatoms. The van der Waals surface area contributed by atoms with Gasteiger partial charge in [-0.2, -0.15) is 0 Å². The van der Waals surface area contributed by atoms with Gasteiger partial charge in [0.15, 0.2) is 12.2 Å². The first kappa shape index (κ1) is 73.8. The summed E-state index contributed by atoms with van der Waals surface area (Å²) < 4.78 is 6.57. The zero-order valence-corrected chi connectivity index (χ0v) is 48.7. The third-order valence-corrected chi connectivity index (χ3v) is 13.1. The average Bonchev–Trinajstić information content (AvgIpc) is 3.09. The van der Waals surface area contributed by atoms with Gasteiger partial charge in [0.25, 0.3) is 17.7 Å². The minimum Gasteiger partial charge on any atom is -0.480 e. The van der Waals surface area contributed by atoms with Crippen LogP contribution in [-0.2, 0) is 66.2 Å². The van der Waals surface area contributed by atoms with Crippen LogP contribution in [0.4, 0.5) is 0 Å². The van der Waals surface area contributed by atoms with Gasteiger partial charge < -0.3 is 113 Å². The summed E-state index contributed by atoms with van der Waals surface area (Å²) in [7, 11) is 3.50. The van der Waals surface area contributed by atoms with Crippen LogP contribution in [0.1, 0.15) is 78.7 Å². The lowest BCUT2D eigenvalue weighted by atomic mass is 9.95. The van der Waals surface area contributed by atoms with Crippen molar-refractivity contribution < 1.29 is 109 Å². The summed E-state index contributed by atoms with van der Waals surface area (Å²) in [6, 6.07) is -4.87. The summed E-state index contributed by atoms with van der Waals surface area (Å²) >= 11 is 0. The number of aliphatic hydroxyl groups excluding tert-OH is 8. The van der Waals surface area contributed by atoms with Crippen molar-refractivity contribution in [1.82, 2.24) is 57.0 Å². The molecule has 478 valence electrons. The highest BCUT2D eigenvalue weighted by Crippen LogP contribution is 2.19. The van der Waals surface area contributed by atoms with E-state index in [2.05, 4.69) is 36.9 Å². The van der Waals surface area contributed by atoms with E-state index in [1.165, 1.54) is 36.3 Å². The highest BCUT2D eigenvalue weighted by molar-refractivity contribution is 5.98. The fraction of sp³-hybridized carbons (Fsp3) is 0.635. The first-order chi connectivity index (χ1) is 39.4. The van der Waals surface area contributed by atoms with E-state index in [-0.39, 0.29) is 30.9 Å². The number of ether oxygens (including phenoxy) is 1. The lowest BCUT2D eigenvalue weighted by Gasteiger charge is -2.34. The average molecular weight is 1210 g/mol. The number of amides is 9. The summed E-state index contributed by atoms with van der Waals surface area (Å²) in [5, 5.41) is 133. The first-order valence-corrected chi connectivity index (χ1v) is 26.6. The molecule has 0 saturated carbocycles. The number of likely N-dealkylation sites (N-methyl/N-ethyl adjacent to an activating group) is 1. The second-order valence-electron chi connectivity index (χ2n) is 21.6. The molecule has 0 radical (unpaired) electrons. The number of nitrogens with one attached hydrogen (secondary N) is 8. The van der Waals surface area contributed by atoms with Crippen molar-refractivity contribution in [2.75, 3.05) is 33.9 Å². The van der Waals surface area contributed by atoms with Crippen LogP contribution in [0.15, 0.2) is 42.9 Å². The molecule has 2 rings (SSSR count). The predicted octanol–water partition coefficient (Wildman–Crippen LogP) is -8.49. The number of hydrogen-bond acceptors (Lipinski definition) is 22. The van der Waals surface area contributed by atoms with Crippen molar-refractivity contribution in [1.29, 1.82) is 0 Å². The molecule has 9 amide bonds. The van der Waals surface area contributed by atoms with Gasteiger partial charge in [0.2, 0.25) is 41.7 Å². The second kappa shape index (κ2) is 33.4. The predicted molar refractivity (Wildman–Crippen MR) is 293 cm³/mol. The van der Waals surface area contributed by atoms with Crippen LogP contribution in [0.2, 0.25) is 0 Å². The molecule has 1 aromatic carbocycles. The van der Waals surface area contributed by atoms with Crippen LogP contribution in [0.3, 0.4) is 0 Å². The molecule has 0 bridgehead atoms. The van der Waals surface area contributed by atoms with E-state index in [1.807, 2.05) is 10.6 Å². The molecule has 1 aromatic heterocycles. The summed E-state index contributed by atoms with van der Waals surface area (Å²) in [5.41, 5.74) is -4.02. The van der Waals surface area contributed by atoms with Crippen LogP contribution in [0, 0.1) is 5.92 Å². The number of carboxylic acids is 1. The number of hydrogen-bond donors (Lipinski definition) is 19. The topological polar surface area (TPSA) is 520 Å². The van der Waals surface area contributed by atoms with Gasteiger partial charge in [-0.3, -0.25) is 43.2 Å². The molecule has 0 aliphatic carbocycles. The number of nitrogens with zero attached hydrogens (tertiary/aromatic N) is 3. The molecule has 19 N–H and O–H groups in total. The van der Waals surface area contributed by atoms with Gasteiger partial charge in [-0.25, -0.2) is 9.78 Å². The number of rotatable bonds is 35. The Bertz CT molecular complexity index is 2580. The molecular weight excluding hydrogens is 1130 g/mol. The summed E-state index contributed by atoms with van der Waals surface area (Å²) in [5.74, 6) is -13.3. The number of carboxylic acid groups (broad SMARTS) is 1.